The van der Waals surface area contributed by atoms with Gasteiger partial charge in [-0.15, -0.1) is 0 Å². The number of hydrogen-bond donors (Lipinski definition) is 6. The van der Waals surface area contributed by atoms with Crippen LogP contribution in [0.4, 0.5) is 11.4 Å². The highest BCUT2D eigenvalue weighted by Gasteiger charge is 2.00. The number of carbonyl (C=O) groups is 2. The average Bonchev–Trinajstić information content (AvgIpc) is 2.98. The Bertz CT molecular complexity index is 993. The van der Waals surface area contributed by atoms with Crippen molar-refractivity contribution in [2.75, 3.05) is 26.4 Å². The molecule has 2 aromatic carbocycles. The number of benzene rings is 2. The summed E-state index contributed by atoms with van der Waals surface area (Å²) in [5.41, 5.74) is 3.40. The third kappa shape index (κ3) is 27.9. The number of carboxylic acid groups (broad SMARTS) is 2. The highest BCUT2D eigenvalue weighted by Crippen LogP contribution is 2.17. The molecule has 43 heavy (non-hydrogen) atoms. The number of carboxylic acids is 2. The van der Waals surface area contributed by atoms with Gasteiger partial charge in [0.2, 0.25) is 12.2 Å². The Morgan fingerprint density at radius 1 is 0.628 bits per heavy atom. The molecular weight excluding hydrogens is 560 g/mol. The van der Waals surface area contributed by atoms with E-state index in [0.717, 1.165) is 43.2 Å². The summed E-state index contributed by atoms with van der Waals surface area (Å²) >= 11 is 0. The first-order chi connectivity index (χ1) is 20.7. The molecule has 0 saturated heterocycles. The average molecular weight is 605 g/mol. The number of hydrogen-bond acceptors (Lipinski definition) is 10. The van der Waals surface area contributed by atoms with Gasteiger partial charge in [0.05, 0.1) is 11.4 Å². The molecule has 238 valence electrons. The minimum Gasteiger partial charge on any atom is -0.481 e. The van der Waals surface area contributed by atoms with Crippen LogP contribution >= 0.6 is 0 Å². The Labute approximate surface area is 252 Å². The lowest BCUT2D eigenvalue weighted by Gasteiger charge is -2.04. The first-order valence-electron chi connectivity index (χ1n) is 13.9. The van der Waals surface area contributed by atoms with Gasteiger partial charge in [0.1, 0.15) is 0 Å². The van der Waals surface area contributed by atoms with Gasteiger partial charge in [-0.2, -0.15) is 9.98 Å². The van der Waals surface area contributed by atoms with Gasteiger partial charge in [-0.1, -0.05) is 31.2 Å². The number of isocyanates is 2. The second-order valence-electron chi connectivity index (χ2n) is 9.19. The van der Waals surface area contributed by atoms with E-state index >= 15 is 0 Å². The maximum Gasteiger partial charge on any atom is 0.303 e. The van der Waals surface area contributed by atoms with Crippen LogP contribution in [0.15, 0.2) is 58.5 Å². The number of aliphatic imine (C=N–C) groups is 2. The van der Waals surface area contributed by atoms with Crippen LogP contribution < -0.4 is 0 Å². The lowest BCUT2D eigenvalue weighted by Crippen LogP contribution is -1.99. The molecule has 0 amide bonds. The zero-order valence-corrected chi connectivity index (χ0v) is 24.6. The number of aliphatic hydroxyl groups is 4. The highest BCUT2D eigenvalue weighted by atomic mass is 16.4. The van der Waals surface area contributed by atoms with Gasteiger partial charge in [0, 0.05) is 39.3 Å². The van der Waals surface area contributed by atoms with Crippen LogP contribution in [-0.2, 0) is 25.6 Å². The van der Waals surface area contributed by atoms with E-state index in [0.29, 0.717) is 30.1 Å². The Balaban J connectivity index is 0. The lowest BCUT2D eigenvalue weighted by atomic mass is 10.0. The molecular formula is C31H44N2O10. The molecule has 0 atom stereocenters. The first kappa shape index (κ1) is 41.1. The van der Waals surface area contributed by atoms with Crippen molar-refractivity contribution >= 4 is 35.5 Å². The minimum absolute atomic E-state index is 0.0628. The number of aliphatic carboxylic acids is 2. The summed E-state index contributed by atoms with van der Waals surface area (Å²) < 4.78 is 0. The molecule has 0 spiro atoms. The molecule has 0 bridgehead atoms. The third-order valence-electron chi connectivity index (χ3n) is 5.47. The van der Waals surface area contributed by atoms with Gasteiger partial charge in [0.25, 0.3) is 0 Å². The van der Waals surface area contributed by atoms with Crippen LogP contribution in [0.3, 0.4) is 0 Å². The fourth-order valence-electron chi connectivity index (χ4n) is 3.08. The maximum atomic E-state index is 10.1. The Morgan fingerprint density at radius 3 is 1.23 bits per heavy atom. The summed E-state index contributed by atoms with van der Waals surface area (Å²) in [6, 6.07) is 14.7. The van der Waals surface area contributed by atoms with Crippen LogP contribution in [0.1, 0.15) is 69.4 Å². The molecule has 12 nitrogen and oxygen atoms in total. The summed E-state index contributed by atoms with van der Waals surface area (Å²) in [7, 11) is 0. The minimum atomic E-state index is -0.870. The van der Waals surface area contributed by atoms with E-state index in [-0.39, 0.29) is 39.3 Å². The molecule has 0 heterocycles. The van der Waals surface area contributed by atoms with Crippen molar-refractivity contribution in [1.29, 1.82) is 0 Å². The highest BCUT2D eigenvalue weighted by molar-refractivity contribution is 5.67. The second-order valence-corrected chi connectivity index (χ2v) is 9.19. The van der Waals surface area contributed by atoms with Crippen molar-refractivity contribution in [3.05, 3.63) is 59.7 Å². The zero-order valence-electron chi connectivity index (χ0n) is 24.6. The van der Waals surface area contributed by atoms with Crippen LogP contribution in [0.25, 0.3) is 0 Å². The molecule has 12 heteroatoms. The van der Waals surface area contributed by atoms with Crippen molar-refractivity contribution in [2.45, 2.75) is 64.7 Å². The van der Waals surface area contributed by atoms with Gasteiger partial charge in [-0.05, 0) is 86.3 Å². The number of carbonyl (C=O) groups excluding carboxylic acids is 2. The van der Waals surface area contributed by atoms with Gasteiger partial charge in [0.15, 0.2) is 0 Å². The predicted octanol–water partition coefficient (Wildman–Crippen LogP) is 4.07. The van der Waals surface area contributed by atoms with Gasteiger partial charge >= 0.3 is 11.9 Å². The van der Waals surface area contributed by atoms with E-state index in [4.69, 9.17) is 30.6 Å². The Hall–Kier alpha value is -4.02. The molecule has 6 N–H and O–H groups in total. The van der Waals surface area contributed by atoms with E-state index in [1.54, 1.807) is 24.3 Å². The molecule has 0 aliphatic rings. The van der Waals surface area contributed by atoms with Crippen molar-refractivity contribution < 1.29 is 49.8 Å². The number of unbranched alkanes of at least 4 members (excludes halogenated alkanes) is 2. The fourth-order valence-corrected chi connectivity index (χ4v) is 3.08. The van der Waals surface area contributed by atoms with E-state index in [2.05, 4.69) is 9.98 Å². The first-order valence-corrected chi connectivity index (χ1v) is 13.9. The Morgan fingerprint density at radius 2 is 0.977 bits per heavy atom. The maximum absolute atomic E-state index is 10.1. The van der Waals surface area contributed by atoms with Gasteiger partial charge in [-0.3, -0.25) is 9.59 Å². The molecule has 0 aliphatic heterocycles. The van der Waals surface area contributed by atoms with E-state index in [9.17, 15) is 19.2 Å². The standard InChI is InChI=1S/C15H10N2O2.C6H10O4.C6H14O2.C4H10O2/c18-10-16-14-5-1-12(2-6-14)9-13-3-7-15(8-4-13)17-11-19;7-5(8)3-1-2-4-6(9)10;1-6(2-4-7)3-5-8;5-3-1-2-4-6/h1-8H,9H2;1-4H2,(H,7,8)(H,9,10);6-8H,2-5H2,1H3;5-6H,1-4H2. The second kappa shape index (κ2) is 29.5. The monoisotopic (exact) mass is 604 g/mol. The zero-order chi connectivity index (χ0) is 32.7. The molecule has 0 fully saturated rings. The van der Waals surface area contributed by atoms with Crippen LogP contribution in [-0.4, -0.2) is 81.2 Å². The van der Waals surface area contributed by atoms with Crippen molar-refractivity contribution in [3.8, 4) is 0 Å². The molecule has 2 aromatic rings. The summed E-state index contributed by atoms with van der Waals surface area (Å²) in [6.07, 6.45) is 7.84. The van der Waals surface area contributed by atoms with Gasteiger partial charge < -0.3 is 30.6 Å². The van der Waals surface area contributed by atoms with Crippen LogP contribution in [0, 0.1) is 5.92 Å². The largest absolute Gasteiger partial charge is 0.481 e. The smallest absolute Gasteiger partial charge is 0.303 e. The molecule has 0 saturated carbocycles. The number of aliphatic hydroxyl groups excluding tert-OH is 4. The van der Waals surface area contributed by atoms with E-state index in [1.807, 2.05) is 31.2 Å². The number of nitrogens with zero attached hydrogens (tertiary/aromatic N) is 2. The SMILES string of the molecule is CC(CCO)CCO.O=C(O)CCCCC(=O)O.O=C=Nc1ccc(Cc2ccc(N=C=O)cc2)cc1.OCCCCO. The molecule has 0 unspecified atom stereocenters. The fraction of sp³-hybridized carbons (Fsp3) is 0.484. The van der Waals surface area contributed by atoms with Gasteiger partial charge in [-0.25, -0.2) is 9.59 Å². The quantitative estimate of drug-likeness (QED) is 0.0917. The topological polar surface area (TPSA) is 214 Å². The van der Waals surface area contributed by atoms with Crippen molar-refractivity contribution in [3.63, 3.8) is 0 Å². The molecule has 2 rings (SSSR count). The predicted molar refractivity (Wildman–Crippen MR) is 161 cm³/mol. The normalized spacial score (nSPS) is 9.44. The molecule has 0 aromatic heterocycles. The van der Waals surface area contributed by atoms with Crippen LogP contribution in [0.5, 0.6) is 0 Å². The van der Waals surface area contributed by atoms with E-state index < -0.39 is 11.9 Å². The third-order valence-corrected chi connectivity index (χ3v) is 5.47. The van der Waals surface area contributed by atoms with Crippen molar-refractivity contribution in [2.24, 2.45) is 15.9 Å². The lowest BCUT2D eigenvalue weighted by molar-refractivity contribution is -0.139. The van der Waals surface area contributed by atoms with E-state index in [1.165, 1.54) is 12.2 Å². The summed E-state index contributed by atoms with van der Waals surface area (Å²) in [5, 5.41) is 49.2. The summed E-state index contributed by atoms with van der Waals surface area (Å²) in [4.78, 5) is 47.1. The summed E-state index contributed by atoms with van der Waals surface area (Å²) in [6.45, 7) is 2.88. The molecule has 0 radical (unpaired) electrons. The number of rotatable bonds is 16. The Kier molecular flexibility index (Phi) is 28.2. The van der Waals surface area contributed by atoms with Crippen molar-refractivity contribution in [1.82, 2.24) is 0 Å². The van der Waals surface area contributed by atoms with Crippen LogP contribution in [0.2, 0.25) is 0 Å². The summed E-state index contributed by atoms with van der Waals surface area (Å²) in [5.74, 6) is -1.28. The molecule has 0 aliphatic carbocycles.